The van der Waals surface area contributed by atoms with Gasteiger partial charge in [0.15, 0.2) is 5.13 Å². The number of nitrogens with one attached hydrogen (secondary N) is 2. The molecule has 1 amide bonds. The van der Waals surface area contributed by atoms with Crippen molar-refractivity contribution >= 4 is 38.3 Å². The summed E-state index contributed by atoms with van der Waals surface area (Å²) >= 11 is 4.81. The molecule has 2 N–H and O–H groups in total. The number of amides is 1. The number of rotatable bonds is 3. The minimum atomic E-state index is -0.284. The highest BCUT2D eigenvalue weighted by Crippen LogP contribution is 2.32. The fraction of sp³-hybridized carbons (Fsp3) is 0.385. The van der Waals surface area contributed by atoms with Gasteiger partial charge in [-0.15, -0.1) is 11.3 Å². The summed E-state index contributed by atoms with van der Waals surface area (Å²) in [4.78, 5) is 17.5. The number of piperidine rings is 1. The van der Waals surface area contributed by atoms with Gasteiger partial charge in [-0.25, -0.2) is 4.98 Å². The standard InChI is InChI=1S/C13H14BrN3O2S/c14-9-3-6-19-11(9)12(18)17-13-16-7-10(20-13)8-1-4-15-5-2-8/h3,6-8,15H,1-2,4-5H2,(H,16,17,18). The first-order chi connectivity index (χ1) is 9.74. The van der Waals surface area contributed by atoms with E-state index in [9.17, 15) is 4.79 Å². The molecular formula is C13H14BrN3O2S. The first kappa shape index (κ1) is 13.8. The van der Waals surface area contributed by atoms with Crippen LogP contribution in [0.5, 0.6) is 0 Å². The van der Waals surface area contributed by atoms with Crippen molar-refractivity contribution in [3.05, 3.63) is 33.6 Å². The van der Waals surface area contributed by atoms with Gasteiger partial charge in [-0.2, -0.15) is 0 Å². The van der Waals surface area contributed by atoms with Crippen LogP contribution in [-0.4, -0.2) is 24.0 Å². The molecule has 1 saturated heterocycles. The van der Waals surface area contributed by atoms with Crippen LogP contribution in [0.15, 0.2) is 27.4 Å². The normalized spacial score (nSPS) is 16.2. The number of carbonyl (C=O) groups is 1. The molecule has 2 aromatic rings. The van der Waals surface area contributed by atoms with E-state index in [0.717, 1.165) is 25.9 Å². The van der Waals surface area contributed by atoms with Crippen LogP contribution >= 0.6 is 27.3 Å². The van der Waals surface area contributed by atoms with E-state index in [4.69, 9.17) is 4.42 Å². The van der Waals surface area contributed by atoms with E-state index < -0.39 is 0 Å². The maximum Gasteiger partial charge on any atom is 0.294 e. The van der Waals surface area contributed by atoms with Gasteiger partial charge in [0.1, 0.15) is 0 Å². The van der Waals surface area contributed by atoms with E-state index in [1.54, 1.807) is 17.4 Å². The maximum absolute atomic E-state index is 12.0. The van der Waals surface area contributed by atoms with E-state index >= 15 is 0 Å². The zero-order valence-electron chi connectivity index (χ0n) is 10.7. The van der Waals surface area contributed by atoms with Crippen LogP contribution in [0.1, 0.15) is 34.2 Å². The van der Waals surface area contributed by atoms with E-state index in [1.807, 2.05) is 6.20 Å². The van der Waals surface area contributed by atoms with Gasteiger partial charge in [-0.05, 0) is 53.8 Å². The quantitative estimate of drug-likeness (QED) is 0.886. The lowest BCUT2D eigenvalue weighted by Gasteiger charge is -2.20. The summed E-state index contributed by atoms with van der Waals surface area (Å²) in [7, 11) is 0. The van der Waals surface area contributed by atoms with Crippen molar-refractivity contribution in [1.82, 2.24) is 10.3 Å². The topological polar surface area (TPSA) is 67.2 Å². The Balaban J connectivity index is 1.68. The Morgan fingerprint density at radius 1 is 1.50 bits per heavy atom. The number of nitrogens with zero attached hydrogens (tertiary/aromatic N) is 1. The molecule has 20 heavy (non-hydrogen) atoms. The summed E-state index contributed by atoms with van der Waals surface area (Å²) in [6.07, 6.45) is 5.59. The van der Waals surface area contributed by atoms with Gasteiger partial charge < -0.3 is 9.73 Å². The maximum atomic E-state index is 12.0. The Morgan fingerprint density at radius 2 is 2.30 bits per heavy atom. The minimum absolute atomic E-state index is 0.267. The Labute approximate surface area is 128 Å². The predicted molar refractivity (Wildman–Crippen MR) is 81.3 cm³/mol. The van der Waals surface area contributed by atoms with Gasteiger partial charge in [-0.3, -0.25) is 10.1 Å². The number of hydrogen-bond acceptors (Lipinski definition) is 5. The summed E-state index contributed by atoms with van der Waals surface area (Å²) in [5.74, 6) is 0.534. The molecule has 0 radical (unpaired) electrons. The van der Waals surface area contributed by atoms with E-state index in [-0.39, 0.29) is 11.7 Å². The zero-order chi connectivity index (χ0) is 13.9. The van der Waals surface area contributed by atoms with E-state index in [2.05, 4.69) is 31.5 Å². The van der Waals surface area contributed by atoms with Gasteiger partial charge in [-0.1, -0.05) is 0 Å². The number of anilines is 1. The highest BCUT2D eigenvalue weighted by molar-refractivity contribution is 9.10. The van der Waals surface area contributed by atoms with Gasteiger partial charge in [0.25, 0.3) is 5.91 Å². The molecule has 0 unspecified atom stereocenters. The molecule has 0 atom stereocenters. The van der Waals surface area contributed by atoms with Gasteiger partial charge >= 0.3 is 0 Å². The van der Waals surface area contributed by atoms with Crippen LogP contribution in [0.4, 0.5) is 5.13 Å². The van der Waals surface area contributed by atoms with Crippen molar-refractivity contribution in [2.24, 2.45) is 0 Å². The molecule has 5 nitrogen and oxygen atoms in total. The number of furan rings is 1. The van der Waals surface area contributed by atoms with Gasteiger partial charge in [0.2, 0.25) is 5.76 Å². The lowest BCUT2D eigenvalue weighted by Crippen LogP contribution is -2.26. The Morgan fingerprint density at radius 3 is 3.00 bits per heavy atom. The second kappa shape index (κ2) is 6.07. The Hall–Kier alpha value is -1.18. The van der Waals surface area contributed by atoms with Gasteiger partial charge in [0.05, 0.1) is 10.7 Å². The van der Waals surface area contributed by atoms with E-state index in [0.29, 0.717) is 15.5 Å². The first-order valence-corrected chi connectivity index (χ1v) is 8.06. The third-order valence-corrected chi connectivity index (χ3v) is 5.01. The molecule has 7 heteroatoms. The molecule has 0 saturated carbocycles. The largest absolute Gasteiger partial charge is 0.458 e. The summed E-state index contributed by atoms with van der Waals surface area (Å²) in [5, 5.41) is 6.74. The molecule has 0 aromatic carbocycles. The molecule has 2 aromatic heterocycles. The van der Waals surface area contributed by atoms with Crippen LogP contribution in [0.3, 0.4) is 0 Å². The number of aromatic nitrogens is 1. The lowest BCUT2D eigenvalue weighted by molar-refractivity contribution is 0.0995. The molecule has 1 fully saturated rings. The molecular weight excluding hydrogens is 342 g/mol. The van der Waals surface area contributed by atoms with Crippen molar-refractivity contribution in [1.29, 1.82) is 0 Å². The summed E-state index contributed by atoms with van der Waals surface area (Å²) < 4.78 is 5.77. The zero-order valence-corrected chi connectivity index (χ0v) is 13.1. The highest BCUT2D eigenvalue weighted by Gasteiger charge is 2.19. The third kappa shape index (κ3) is 2.94. The van der Waals surface area contributed by atoms with Crippen molar-refractivity contribution in [2.45, 2.75) is 18.8 Å². The molecule has 1 aliphatic rings. The first-order valence-electron chi connectivity index (χ1n) is 6.45. The van der Waals surface area contributed by atoms with Crippen LogP contribution < -0.4 is 10.6 Å². The molecule has 0 spiro atoms. The number of carbonyl (C=O) groups excluding carboxylic acids is 1. The van der Waals surface area contributed by atoms with Crippen LogP contribution in [0, 0.1) is 0 Å². The molecule has 0 aliphatic carbocycles. The monoisotopic (exact) mass is 355 g/mol. The third-order valence-electron chi connectivity index (χ3n) is 3.31. The molecule has 1 aliphatic heterocycles. The minimum Gasteiger partial charge on any atom is -0.458 e. The fourth-order valence-corrected chi connectivity index (χ4v) is 3.61. The SMILES string of the molecule is O=C(Nc1ncc(C2CCNCC2)s1)c1occc1Br. The Bertz CT molecular complexity index is 604. The van der Waals surface area contributed by atoms with Crippen molar-refractivity contribution in [3.8, 4) is 0 Å². The van der Waals surface area contributed by atoms with Crippen LogP contribution in [-0.2, 0) is 0 Å². The highest BCUT2D eigenvalue weighted by atomic mass is 79.9. The predicted octanol–water partition coefficient (Wildman–Crippen LogP) is 3.22. The lowest BCUT2D eigenvalue weighted by atomic mass is 9.97. The number of hydrogen-bond donors (Lipinski definition) is 2. The molecule has 106 valence electrons. The Kier molecular flexibility index (Phi) is 4.18. The molecule has 0 bridgehead atoms. The second-order valence-electron chi connectivity index (χ2n) is 4.64. The van der Waals surface area contributed by atoms with Crippen molar-refractivity contribution < 1.29 is 9.21 Å². The second-order valence-corrected chi connectivity index (χ2v) is 6.56. The smallest absolute Gasteiger partial charge is 0.294 e. The molecule has 3 rings (SSSR count). The van der Waals surface area contributed by atoms with E-state index in [1.165, 1.54) is 11.1 Å². The van der Waals surface area contributed by atoms with Crippen molar-refractivity contribution in [3.63, 3.8) is 0 Å². The van der Waals surface area contributed by atoms with Crippen LogP contribution in [0.25, 0.3) is 0 Å². The summed E-state index contributed by atoms with van der Waals surface area (Å²) in [6, 6.07) is 1.69. The molecule has 3 heterocycles. The summed E-state index contributed by atoms with van der Waals surface area (Å²) in [5.41, 5.74) is 0. The average molecular weight is 356 g/mol. The van der Waals surface area contributed by atoms with Gasteiger partial charge in [0, 0.05) is 11.1 Å². The summed E-state index contributed by atoms with van der Waals surface area (Å²) in [6.45, 7) is 2.09. The van der Waals surface area contributed by atoms with Crippen LogP contribution in [0.2, 0.25) is 0 Å². The average Bonchev–Trinajstić information content (AvgIpc) is 3.09. The number of thiazole rings is 1. The number of halogens is 1. The fourth-order valence-electron chi connectivity index (χ4n) is 2.25. The van der Waals surface area contributed by atoms with Crippen molar-refractivity contribution in [2.75, 3.05) is 18.4 Å².